The lowest BCUT2D eigenvalue weighted by Gasteiger charge is -2.27. The van der Waals surface area contributed by atoms with Crippen LogP contribution in [0.5, 0.6) is 0 Å². The SMILES string of the molecule is CNC(=O)C(=O)NCC1(OC)Cc2ccccc2C1. The second kappa shape index (κ2) is 5.40. The van der Waals surface area contributed by atoms with E-state index in [1.165, 1.54) is 18.2 Å². The number of benzene rings is 1. The van der Waals surface area contributed by atoms with E-state index in [4.69, 9.17) is 4.74 Å². The third kappa shape index (κ3) is 2.76. The molecule has 0 heterocycles. The van der Waals surface area contributed by atoms with E-state index in [0.29, 0.717) is 6.54 Å². The molecule has 2 amide bonds. The summed E-state index contributed by atoms with van der Waals surface area (Å²) < 4.78 is 5.60. The van der Waals surface area contributed by atoms with E-state index >= 15 is 0 Å². The lowest BCUT2D eigenvalue weighted by Crippen LogP contribution is -2.48. The van der Waals surface area contributed by atoms with Gasteiger partial charge >= 0.3 is 11.8 Å². The Hall–Kier alpha value is -1.88. The first-order valence-corrected chi connectivity index (χ1v) is 6.22. The predicted molar refractivity (Wildman–Crippen MR) is 70.7 cm³/mol. The second-order valence-electron chi connectivity index (χ2n) is 4.77. The number of rotatable bonds is 3. The van der Waals surface area contributed by atoms with Crippen molar-refractivity contribution in [1.29, 1.82) is 0 Å². The van der Waals surface area contributed by atoms with Crippen LogP contribution in [0.3, 0.4) is 0 Å². The van der Waals surface area contributed by atoms with Crippen molar-refractivity contribution in [2.24, 2.45) is 0 Å². The van der Waals surface area contributed by atoms with E-state index in [2.05, 4.69) is 22.8 Å². The van der Waals surface area contributed by atoms with Gasteiger partial charge in [0.2, 0.25) is 0 Å². The zero-order valence-electron chi connectivity index (χ0n) is 11.2. The van der Waals surface area contributed by atoms with Gasteiger partial charge in [-0.05, 0) is 11.1 Å². The van der Waals surface area contributed by atoms with Gasteiger partial charge in [-0.25, -0.2) is 0 Å². The monoisotopic (exact) mass is 262 g/mol. The fraction of sp³-hybridized carbons (Fsp3) is 0.429. The molecule has 0 radical (unpaired) electrons. The third-order valence-electron chi connectivity index (χ3n) is 3.58. The molecule has 0 unspecified atom stereocenters. The first kappa shape index (κ1) is 13.5. The average molecular weight is 262 g/mol. The second-order valence-corrected chi connectivity index (χ2v) is 4.77. The van der Waals surface area contributed by atoms with Crippen LogP contribution in [0.1, 0.15) is 11.1 Å². The smallest absolute Gasteiger partial charge is 0.309 e. The fourth-order valence-electron chi connectivity index (χ4n) is 2.44. The molecule has 0 spiro atoms. The van der Waals surface area contributed by atoms with E-state index < -0.39 is 17.4 Å². The van der Waals surface area contributed by atoms with Gasteiger partial charge in [0.1, 0.15) is 0 Å². The lowest BCUT2D eigenvalue weighted by atomic mass is 10.00. The zero-order valence-corrected chi connectivity index (χ0v) is 11.2. The molecule has 0 saturated carbocycles. The Bertz CT molecular complexity index is 474. The van der Waals surface area contributed by atoms with Crippen LogP contribution in [0, 0.1) is 0 Å². The Morgan fingerprint density at radius 3 is 2.26 bits per heavy atom. The summed E-state index contributed by atoms with van der Waals surface area (Å²) in [7, 11) is 3.07. The number of carbonyl (C=O) groups excluding carboxylic acids is 2. The molecule has 2 N–H and O–H groups in total. The maximum Gasteiger partial charge on any atom is 0.309 e. The summed E-state index contributed by atoms with van der Waals surface area (Å²) in [6.07, 6.45) is 1.49. The van der Waals surface area contributed by atoms with Crippen molar-refractivity contribution < 1.29 is 14.3 Å². The summed E-state index contributed by atoms with van der Waals surface area (Å²) in [6.45, 7) is 0.324. The Balaban J connectivity index is 2.03. The molecule has 1 aliphatic rings. The summed E-state index contributed by atoms with van der Waals surface area (Å²) in [5.74, 6) is -1.27. The molecule has 0 bridgehead atoms. The van der Waals surface area contributed by atoms with Gasteiger partial charge in [0.25, 0.3) is 0 Å². The zero-order chi connectivity index (χ0) is 13.9. The number of hydrogen-bond acceptors (Lipinski definition) is 3. The average Bonchev–Trinajstić information content (AvgIpc) is 2.83. The topological polar surface area (TPSA) is 67.4 Å². The minimum absolute atomic E-state index is 0.324. The van der Waals surface area contributed by atoms with Crippen LogP contribution in [-0.2, 0) is 27.2 Å². The molecule has 1 aliphatic carbocycles. The molecule has 102 valence electrons. The van der Waals surface area contributed by atoms with Gasteiger partial charge < -0.3 is 15.4 Å². The highest BCUT2D eigenvalue weighted by Crippen LogP contribution is 2.31. The molecule has 2 rings (SSSR count). The van der Waals surface area contributed by atoms with E-state index in [-0.39, 0.29) is 0 Å². The molecular formula is C14H18N2O3. The molecule has 5 heteroatoms. The van der Waals surface area contributed by atoms with Crippen molar-refractivity contribution in [3.05, 3.63) is 35.4 Å². The largest absolute Gasteiger partial charge is 0.376 e. The molecule has 0 atom stereocenters. The minimum atomic E-state index is -0.637. The van der Waals surface area contributed by atoms with Gasteiger partial charge in [-0.3, -0.25) is 9.59 Å². The van der Waals surface area contributed by atoms with E-state index in [0.717, 1.165) is 12.8 Å². The highest BCUT2D eigenvalue weighted by Gasteiger charge is 2.37. The van der Waals surface area contributed by atoms with Crippen LogP contribution in [0.2, 0.25) is 0 Å². The molecule has 0 fully saturated rings. The van der Waals surface area contributed by atoms with Gasteiger partial charge in [-0.15, -0.1) is 0 Å². The predicted octanol–water partition coefficient (Wildman–Crippen LogP) is 0.0326. The number of carbonyl (C=O) groups is 2. The van der Waals surface area contributed by atoms with Gasteiger partial charge in [0.05, 0.1) is 5.60 Å². The van der Waals surface area contributed by atoms with Gasteiger partial charge in [-0.1, -0.05) is 24.3 Å². The summed E-state index contributed by atoms with van der Waals surface area (Å²) in [6, 6.07) is 8.12. The summed E-state index contributed by atoms with van der Waals surface area (Å²) in [5.41, 5.74) is 2.02. The maximum atomic E-state index is 11.5. The molecule has 5 nitrogen and oxygen atoms in total. The van der Waals surface area contributed by atoms with Crippen LogP contribution in [-0.4, -0.2) is 38.1 Å². The van der Waals surface area contributed by atoms with Crippen molar-refractivity contribution >= 4 is 11.8 Å². The number of nitrogens with one attached hydrogen (secondary N) is 2. The first-order chi connectivity index (χ1) is 9.10. The van der Waals surface area contributed by atoms with Crippen LogP contribution >= 0.6 is 0 Å². The summed E-state index contributed by atoms with van der Waals surface area (Å²) >= 11 is 0. The van der Waals surface area contributed by atoms with Crippen molar-refractivity contribution in [2.45, 2.75) is 18.4 Å². The van der Waals surface area contributed by atoms with Crippen molar-refractivity contribution in [2.75, 3.05) is 20.7 Å². The number of ether oxygens (including phenoxy) is 1. The van der Waals surface area contributed by atoms with Crippen LogP contribution < -0.4 is 10.6 Å². The number of amides is 2. The normalized spacial score (nSPS) is 15.7. The number of fused-ring (bicyclic) bond motifs is 1. The van der Waals surface area contributed by atoms with Gasteiger partial charge in [-0.2, -0.15) is 0 Å². The molecular weight excluding hydrogens is 244 g/mol. The van der Waals surface area contributed by atoms with Crippen molar-refractivity contribution in [3.8, 4) is 0 Å². The van der Waals surface area contributed by atoms with Gasteiger partial charge in [0.15, 0.2) is 0 Å². The molecule has 19 heavy (non-hydrogen) atoms. The highest BCUT2D eigenvalue weighted by molar-refractivity contribution is 6.35. The quantitative estimate of drug-likeness (QED) is 0.755. The number of hydrogen-bond donors (Lipinski definition) is 2. The van der Waals surface area contributed by atoms with Crippen molar-refractivity contribution in [3.63, 3.8) is 0 Å². The molecule has 0 saturated heterocycles. The van der Waals surface area contributed by atoms with E-state index in [9.17, 15) is 9.59 Å². The Labute approximate surface area is 112 Å². The Morgan fingerprint density at radius 2 is 1.79 bits per heavy atom. The fourth-order valence-corrected chi connectivity index (χ4v) is 2.44. The summed E-state index contributed by atoms with van der Waals surface area (Å²) in [4.78, 5) is 22.6. The number of methoxy groups -OCH3 is 1. The Kier molecular flexibility index (Phi) is 3.85. The summed E-state index contributed by atoms with van der Waals surface area (Å²) in [5, 5.41) is 4.92. The number of likely N-dealkylation sites (N-methyl/N-ethyl adjacent to an activating group) is 1. The van der Waals surface area contributed by atoms with Gasteiger partial charge in [0, 0.05) is 33.5 Å². The maximum absolute atomic E-state index is 11.5. The van der Waals surface area contributed by atoms with Crippen LogP contribution in [0.15, 0.2) is 24.3 Å². The Morgan fingerprint density at radius 1 is 1.21 bits per heavy atom. The molecule has 1 aromatic rings. The lowest BCUT2D eigenvalue weighted by molar-refractivity contribution is -0.139. The molecule has 0 aliphatic heterocycles. The van der Waals surface area contributed by atoms with E-state index in [1.54, 1.807) is 7.11 Å². The molecule has 0 aromatic heterocycles. The highest BCUT2D eigenvalue weighted by atomic mass is 16.5. The third-order valence-corrected chi connectivity index (χ3v) is 3.58. The molecule has 1 aromatic carbocycles. The standard InChI is InChI=1S/C14H18N2O3/c1-15-12(17)13(18)16-9-14(19-2)7-10-5-3-4-6-11(10)8-14/h3-6H,7-9H2,1-2H3,(H,15,17)(H,16,18). The van der Waals surface area contributed by atoms with Crippen molar-refractivity contribution in [1.82, 2.24) is 10.6 Å². The minimum Gasteiger partial charge on any atom is -0.376 e. The van der Waals surface area contributed by atoms with E-state index in [1.807, 2.05) is 12.1 Å². The first-order valence-electron chi connectivity index (χ1n) is 6.22. The van der Waals surface area contributed by atoms with Crippen LogP contribution in [0.4, 0.5) is 0 Å². The van der Waals surface area contributed by atoms with Crippen LogP contribution in [0.25, 0.3) is 0 Å².